The van der Waals surface area contributed by atoms with Gasteiger partial charge in [-0.15, -0.1) is 0 Å². The first-order valence-electron chi connectivity index (χ1n) is 8.07. The van der Waals surface area contributed by atoms with E-state index in [0.717, 1.165) is 0 Å². The molecule has 7 heteroatoms. The van der Waals surface area contributed by atoms with Gasteiger partial charge in [0, 0.05) is 0 Å². The molecule has 3 rings (SSSR count). The molecular formula is C19H19N3O4. The van der Waals surface area contributed by atoms with E-state index >= 15 is 0 Å². The molecule has 0 spiro atoms. The number of nitrogens with zero attached hydrogens (tertiary/aromatic N) is 1. The molecule has 134 valence electrons. The fourth-order valence-corrected chi connectivity index (χ4v) is 2.90. The summed E-state index contributed by atoms with van der Waals surface area (Å²) in [6, 6.07) is 13.5. The number of rotatable bonds is 4. The quantitative estimate of drug-likeness (QED) is 0.877. The lowest BCUT2D eigenvalue weighted by Crippen LogP contribution is -2.59. The number of para-hydroxylation sites is 3. The van der Waals surface area contributed by atoms with Crippen molar-refractivity contribution in [1.82, 2.24) is 0 Å². The van der Waals surface area contributed by atoms with Gasteiger partial charge in [-0.05, 0) is 38.1 Å². The molecule has 0 bridgehead atoms. The zero-order chi connectivity index (χ0) is 18.9. The van der Waals surface area contributed by atoms with Crippen molar-refractivity contribution in [3.05, 3.63) is 54.1 Å². The molecule has 1 heterocycles. The number of carbonyl (C=O) groups is 3. The molecule has 0 atom stereocenters. The van der Waals surface area contributed by atoms with E-state index in [1.807, 2.05) is 0 Å². The van der Waals surface area contributed by atoms with Crippen molar-refractivity contribution < 1.29 is 19.1 Å². The van der Waals surface area contributed by atoms with Gasteiger partial charge < -0.3 is 15.8 Å². The molecule has 0 aliphatic carbocycles. The number of anilines is 2. The Labute approximate surface area is 150 Å². The van der Waals surface area contributed by atoms with E-state index in [0.29, 0.717) is 11.4 Å². The number of nitrogens with two attached hydrogens (primary N) is 1. The average Bonchev–Trinajstić information content (AvgIpc) is 2.60. The van der Waals surface area contributed by atoms with Gasteiger partial charge in [0.15, 0.2) is 6.61 Å². The van der Waals surface area contributed by atoms with Crippen molar-refractivity contribution in [2.75, 3.05) is 16.8 Å². The minimum atomic E-state index is -1.09. The molecule has 1 aliphatic rings. The molecule has 2 aromatic rings. The predicted octanol–water partition coefficient (Wildman–Crippen LogP) is 1.93. The lowest BCUT2D eigenvalue weighted by Gasteiger charge is -2.41. The third-order valence-electron chi connectivity index (χ3n) is 4.26. The molecule has 1 aliphatic heterocycles. The van der Waals surface area contributed by atoms with E-state index in [9.17, 15) is 14.4 Å². The summed E-state index contributed by atoms with van der Waals surface area (Å²) in [5.41, 5.74) is 5.58. The van der Waals surface area contributed by atoms with Gasteiger partial charge in [0.2, 0.25) is 5.91 Å². The number of hydrogen-bond acceptors (Lipinski definition) is 4. The third-order valence-corrected chi connectivity index (χ3v) is 4.26. The Hall–Kier alpha value is -3.35. The number of primary amides is 1. The zero-order valence-corrected chi connectivity index (χ0v) is 14.5. The number of benzene rings is 2. The maximum Gasteiger partial charge on any atom is 0.265 e. The van der Waals surface area contributed by atoms with Crippen LogP contribution < -0.4 is 20.7 Å². The molecule has 0 fully saturated rings. The Morgan fingerprint density at radius 3 is 2.50 bits per heavy atom. The molecule has 0 radical (unpaired) electrons. The summed E-state index contributed by atoms with van der Waals surface area (Å²) >= 11 is 0. The van der Waals surface area contributed by atoms with E-state index in [2.05, 4.69) is 5.32 Å². The van der Waals surface area contributed by atoms with Crippen LogP contribution in [0.25, 0.3) is 0 Å². The van der Waals surface area contributed by atoms with Gasteiger partial charge in [-0.2, -0.15) is 0 Å². The van der Waals surface area contributed by atoms with Crippen molar-refractivity contribution >= 4 is 29.1 Å². The number of fused-ring (bicyclic) bond motifs is 1. The van der Waals surface area contributed by atoms with Gasteiger partial charge >= 0.3 is 0 Å². The van der Waals surface area contributed by atoms with E-state index in [1.165, 1.54) is 11.0 Å². The van der Waals surface area contributed by atoms with Gasteiger partial charge in [-0.1, -0.05) is 24.3 Å². The van der Waals surface area contributed by atoms with Gasteiger partial charge in [0.25, 0.3) is 11.8 Å². The second-order valence-corrected chi connectivity index (χ2v) is 6.41. The van der Waals surface area contributed by atoms with Gasteiger partial charge in [0.05, 0.1) is 16.9 Å². The summed E-state index contributed by atoms with van der Waals surface area (Å²) in [4.78, 5) is 38.2. The van der Waals surface area contributed by atoms with Gasteiger partial charge in [-0.25, -0.2) is 0 Å². The smallest absolute Gasteiger partial charge is 0.265 e. The fraction of sp³-hybridized carbons (Fsp3) is 0.211. The van der Waals surface area contributed by atoms with Crippen molar-refractivity contribution in [2.45, 2.75) is 19.4 Å². The lowest BCUT2D eigenvalue weighted by molar-refractivity contribution is -0.127. The van der Waals surface area contributed by atoms with Crippen LogP contribution in [-0.2, 0) is 9.59 Å². The molecular weight excluding hydrogens is 334 g/mol. The molecule has 0 aromatic heterocycles. The number of nitrogens with one attached hydrogen (secondary N) is 1. The molecule has 26 heavy (non-hydrogen) atoms. The summed E-state index contributed by atoms with van der Waals surface area (Å²) in [6.45, 7) is 2.98. The van der Waals surface area contributed by atoms with Crippen molar-refractivity contribution in [3.63, 3.8) is 0 Å². The minimum Gasteiger partial charge on any atom is -0.483 e. The minimum absolute atomic E-state index is 0.191. The number of hydrogen-bond donors (Lipinski definition) is 2. The number of amides is 3. The summed E-state index contributed by atoms with van der Waals surface area (Å²) in [5, 5.41) is 2.80. The van der Waals surface area contributed by atoms with Crippen LogP contribution in [0.5, 0.6) is 5.75 Å². The van der Waals surface area contributed by atoms with Crippen molar-refractivity contribution in [3.8, 4) is 5.75 Å². The summed E-state index contributed by atoms with van der Waals surface area (Å²) in [5.74, 6) is -1.12. The van der Waals surface area contributed by atoms with Crippen LogP contribution in [0.3, 0.4) is 0 Å². The topological polar surface area (TPSA) is 102 Å². The first-order valence-corrected chi connectivity index (χ1v) is 8.07. The highest BCUT2D eigenvalue weighted by Gasteiger charge is 2.43. The van der Waals surface area contributed by atoms with E-state index < -0.39 is 17.4 Å². The van der Waals surface area contributed by atoms with E-state index in [4.69, 9.17) is 10.5 Å². The second kappa shape index (κ2) is 6.51. The van der Waals surface area contributed by atoms with Crippen LogP contribution in [0.4, 0.5) is 11.4 Å². The first kappa shape index (κ1) is 17.5. The van der Waals surface area contributed by atoms with Crippen LogP contribution in [0.2, 0.25) is 0 Å². The van der Waals surface area contributed by atoms with Crippen LogP contribution in [0.1, 0.15) is 24.2 Å². The predicted molar refractivity (Wildman–Crippen MR) is 97.1 cm³/mol. The summed E-state index contributed by atoms with van der Waals surface area (Å²) < 4.78 is 5.53. The highest BCUT2D eigenvalue weighted by molar-refractivity contribution is 6.14. The highest BCUT2D eigenvalue weighted by atomic mass is 16.5. The summed E-state index contributed by atoms with van der Waals surface area (Å²) in [7, 11) is 0. The molecule has 3 N–H and O–H groups in total. The van der Waals surface area contributed by atoms with E-state index in [-0.39, 0.29) is 23.8 Å². The SMILES string of the molecule is CC1(C)C(=O)Nc2ccccc2N1C(=O)COc1ccccc1C(N)=O. The Morgan fingerprint density at radius 2 is 1.77 bits per heavy atom. The largest absolute Gasteiger partial charge is 0.483 e. The highest BCUT2D eigenvalue weighted by Crippen LogP contribution is 2.36. The van der Waals surface area contributed by atoms with Crippen LogP contribution >= 0.6 is 0 Å². The standard InChI is InChI=1S/C19H19N3O4/c1-19(2)18(25)21-13-8-4-5-9-14(13)22(19)16(23)11-26-15-10-6-3-7-12(15)17(20)24/h3-10H,11H2,1-2H3,(H2,20,24)(H,21,25). The Kier molecular flexibility index (Phi) is 4.38. The van der Waals surface area contributed by atoms with Crippen molar-refractivity contribution in [1.29, 1.82) is 0 Å². The Bertz CT molecular complexity index is 892. The molecule has 7 nitrogen and oxygen atoms in total. The molecule has 0 saturated heterocycles. The van der Waals surface area contributed by atoms with Gasteiger partial charge in [-0.3, -0.25) is 19.3 Å². The second-order valence-electron chi connectivity index (χ2n) is 6.41. The molecule has 0 unspecified atom stereocenters. The van der Waals surface area contributed by atoms with Gasteiger partial charge in [0.1, 0.15) is 11.3 Å². The maximum absolute atomic E-state index is 12.9. The first-order chi connectivity index (χ1) is 12.3. The fourth-order valence-electron chi connectivity index (χ4n) is 2.90. The Morgan fingerprint density at radius 1 is 1.12 bits per heavy atom. The molecule has 0 saturated carbocycles. The monoisotopic (exact) mass is 353 g/mol. The normalized spacial score (nSPS) is 15.0. The average molecular weight is 353 g/mol. The number of carbonyl (C=O) groups excluding carboxylic acids is 3. The van der Waals surface area contributed by atoms with E-state index in [1.54, 1.807) is 56.3 Å². The van der Waals surface area contributed by atoms with Crippen LogP contribution in [0.15, 0.2) is 48.5 Å². The summed E-state index contributed by atoms with van der Waals surface area (Å²) in [6.07, 6.45) is 0. The zero-order valence-electron chi connectivity index (χ0n) is 14.5. The maximum atomic E-state index is 12.9. The number of ether oxygens (including phenoxy) is 1. The van der Waals surface area contributed by atoms with Crippen molar-refractivity contribution in [2.24, 2.45) is 5.73 Å². The van der Waals surface area contributed by atoms with Crippen LogP contribution in [-0.4, -0.2) is 29.9 Å². The molecule has 3 amide bonds. The lowest BCUT2D eigenvalue weighted by atomic mass is 9.96. The third kappa shape index (κ3) is 2.99. The molecule has 2 aromatic carbocycles. The Balaban J connectivity index is 1.88. The van der Waals surface area contributed by atoms with Crippen LogP contribution in [0, 0.1) is 0 Å².